The van der Waals surface area contributed by atoms with Gasteiger partial charge in [0.15, 0.2) is 0 Å². The third-order valence-electron chi connectivity index (χ3n) is 3.37. The molecule has 3 nitrogen and oxygen atoms in total. The molecule has 0 aliphatic carbocycles. The second-order valence-electron chi connectivity index (χ2n) is 4.63. The van der Waals surface area contributed by atoms with Gasteiger partial charge in [0.05, 0.1) is 0 Å². The maximum Gasteiger partial charge on any atom is 0.222 e. The molecule has 0 bridgehead atoms. The number of hydrogen-bond donors (Lipinski definition) is 1. The van der Waals surface area contributed by atoms with Gasteiger partial charge in [-0.15, -0.1) is 0 Å². The van der Waals surface area contributed by atoms with Crippen molar-refractivity contribution in [2.75, 3.05) is 26.2 Å². The summed E-state index contributed by atoms with van der Waals surface area (Å²) >= 11 is 1.73. The van der Waals surface area contributed by atoms with Crippen LogP contribution >= 0.6 is 11.3 Å². The largest absolute Gasteiger partial charge is 0.340 e. The van der Waals surface area contributed by atoms with E-state index in [1.54, 1.807) is 11.3 Å². The number of nitrogens with zero attached hydrogens (tertiary/aromatic N) is 1. The van der Waals surface area contributed by atoms with Crippen LogP contribution in [0.3, 0.4) is 0 Å². The Labute approximate surface area is 107 Å². The van der Waals surface area contributed by atoms with Crippen molar-refractivity contribution in [3.8, 4) is 0 Å². The average Bonchev–Trinajstić information content (AvgIpc) is 2.90. The molecule has 4 heteroatoms. The number of nitrogens with one attached hydrogen (secondary N) is 1. The average molecular weight is 252 g/mol. The first-order valence-corrected chi connectivity index (χ1v) is 7.22. The topological polar surface area (TPSA) is 32.3 Å². The highest BCUT2D eigenvalue weighted by molar-refractivity contribution is 7.07. The SMILES string of the molecule is CC(CCC(=O)N1CCNCC1)c1ccsc1. The van der Waals surface area contributed by atoms with E-state index in [1.165, 1.54) is 5.56 Å². The van der Waals surface area contributed by atoms with Crippen molar-refractivity contribution in [3.63, 3.8) is 0 Å². The Morgan fingerprint density at radius 3 is 2.94 bits per heavy atom. The van der Waals surface area contributed by atoms with Gasteiger partial charge in [-0.3, -0.25) is 4.79 Å². The Morgan fingerprint density at radius 2 is 2.29 bits per heavy atom. The van der Waals surface area contributed by atoms with E-state index in [0.29, 0.717) is 18.2 Å². The molecule has 1 aromatic heterocycles. The lowest BCUT2D eigenvalue weighted by Crippen LogP contribution is -2.46. The number of piperazine rings is 1. The summed E-state index contributed by atoms with van der Waals surface area (Å²) in [5, 5.41) is 7.55. The minimum absolute atomic E-state index is 0.313. The van der Waals surface area contributed by atoms with Gasteiger partial charge in [0.1, 0.15) is 0 Å². The molecule has 1 aliphatic rings. The molecular formula is C13H20N2OS. The van der Waals surface area contributed by atoms with Gasteiger partial charge in [0.25, 0.3) is 0 Å². The van der Waals surface area contributed by atoms with Crippen LogP contribution in [0.2, 0.25) is 0 Å². The van der Waals surface area contributed by atoms with Crippen LogP contribution in [0.4, 0.5) is 0 Å². The van der Waals surface area contributed by atoms with Gasteiger partial charge in [0.2, 0.25) is 5.91 Å². The van der Waals surface area contributed by atoms with Crippen molar-refractivity contribution in [2.45, 2.75) is 25.7 Å². The third kappa shape index (κ3) is 3.54. The summed E-state index contributed by atoms with van der Waals surface area (Å²) in [6.45, 7) is 5.81. The van der Waals surface area contributed by atoms with Crippen LogP contribution in [0.5, 0.6) is 0 Å². The fourth-order valence-electron chi connectivity index (χ4n) is 2.13. The zero-order valence-electron chi connectivity index (χ0n) is 10.3. The summed E-state index contributed by atoms with van der Waals surface area (Å²) in [5.41, 5.74) is 1.36. The third-order valence-corrected chi connectivity index (χ3v) is 4.07. The van der Waals surface area contributed by atoms with Gasteiger partial charge in [-0.2, -0.15) is 11.3 Å². The van der Waals surface area contributed by atoms with Crippen LogP contribution in [0, 0.1) is 0 Å². The molecule has 1 aromatic rings. The zero-order chi connectivity index (χ0) is 12.1. The van der Waals surface area contributed by atoms with Gasteiger partial charge in [-0.1, -0.05) is 6.92 Å². The standard InChI is InChI=1S/C13H20N2OS/c1-11(12-4-9-17-10-12)2-3-13(16)15-7-5-14-6-8-15/h4,9-11,14H,2-3,5-8H2,1H3. The number of rotatable bonds is 4. The quantitative estimate of drug-likeness (QED) is 0.889. The highest BCUT2D eigenvalue weighted by Gasteiger charge is 2.17. The Hall–Kier alpha value is -0.870. The van der Waals surface area contributed by atoms with Gasteiger partial charge >= 0.3 is 0 Å². The summed E-state index contributed by atoms with van der Waals surface area (Å²) in [6, 6.07) is 2.16. The van der Waals surface area contributed by atoms with Crippen LogP contribution < -0.4 is 5.32 Å². The fraction of sp³-hybridized carbons (Fsp3) is 0.615. The Bertz CT molecular complexity index is 344. The van der Waals surface area contributed by atoms with Crippen molar-refractivity contribution in [2.24, 2.45) is 0 Å². The van der Waals surface area contributed by atoms with Crippen LogP contribution in [0.1, 0.15) is 31.2 Å². The number of hydrogen-bond acceptors (Lipinski definition) is 3. The zero-order valence-corrected chi connectivity index (χ0v) is 11.1. The Morgan fingerprint density at radius 1 is 1.53 bits per heavy atom. The molecule has 2 heterocycles. The molecule has 1 N–H and O–H groups in total. The Balaban J connectivity index is 1.75. The lowest BCUT2D eigenvalue weighted by atomic mass is 9.99. The van der Waals surface area contributed by atoms with Crippen molar-refractivity contribution >= 4 is 17.2 Å². The van der Waals surface area contributed by atoms with Crippen molar-refractivity contribution < 1.29 is 4.79 Å². The first-order chi connectivity index (χ1) is 8.27. The lowest BCUT2D eigenvalue weighted by Gasteiger charge is -2.27. The minimum atomic E-state index is 0.313. The second-order valence-corrected chi connectivity index (χ2v) is 5.41. The molecule has 1 fully saturated rings. The summed E-state index contributed by atoms with van der Waals surface area (Å²) in [6.07, 6.45) is 1.64. The van der Waals surface area contributed by atoms with Crippen molar-refractivity contribution in [3.05, 3.63) is 22.4 Å². The molecule has 0 aromatic carbocycles. The molecule has 2 rings (SSSR count). The molecule has 94 valence electrons. The molecule has 1 atom stereocenters. The van der Waals surface area contributed by atoms with E-state index in [-0.39, 0.29) is 0 Å². The van der Waals surface area contributed by atoms with Crippen LogP contribution in [0.15, 0.2) is 16.8 Å². The van der Waals surface area contributed by atoms with Gasteiger partial charge in [0, 0.05) is 32.6 Å². The second kappa shape index (κ2) is 6.17. The minimum Gasteiger partial charge on any atom is -0.340 e. The number of thiophene rings is 1. The molecule has 1 aliphatic heterocycles. The molecule has 0 saturated carbocycles. The molecule has 1 unspecified atom stereocenters. The normalized spacial score (nSPS) is 18.1. The van der Waals surface area contributed by atoms with Gasteiger partial charge in [-0.05, 0) is 34.7 Å². The molecule has 0 spiro atoms. The van der Waals surface area contributed by atoms with E-state index in [9.17, 15) is 4.79 Å². The first kappa shape index (κ1) is 12.6. The number of carbonyl (C=O) groups is 1. The van der Waals surface area contributed by atoms with Gasteiger partial charge < -0.3 is 10.2 Å². The molecule has 1 saturated heterocycles. The van der Waals surface area contributed by atoms with Crippen LogP contribution in [0.25, 0.3) is 0 Å². The fourth-order valence-corrected chi connectivity index (χ4v) is 2.92. The molecule has 1 amide bonds. The summed E-state index contributed by atoms with van der Waals surface area (Å²) in [5.74, 6) is 0.807. The maximum atomic E-state index is 12.0. The highest BCUT2D eigenvalue weighted by atomic mass is 32.1. The monoisotopic (exact) mass is 252 g/mol. The van der Waals surface area contributed by atoms with Crippen LogP contribution in [-0.2, 0) is 4.79 Å². The maximum absolute atomic E-state index is 12.0. The lowest BCUT2D eigenvalue weighted by molar-refractivity contribution is -0.131. The van der Waals surface area contributed by atoms with E-state index in [4.69, 9.17) is 0 Å². The first-order valence-electron chi connectivity index (χ1n) is 6.28. The van der Waals surface area contributed by atoms with Gasteiger partial charge in [-0.25, -0.2) is 0 Å². The summed E-state index contributed by atoms with van der Waals surface area (Å²) < 4.78 is 0. The van der Waals surface area contributed by atoms with E-state index in [1.807, 2.05) is 4.90 Å². The molecular weight excluding hydrogens is 232 g/mol. The van der Waals surface area contributed by atoms with Crippen LogP contribution in [-0.4, -0.2) is 37.0 Å². The molecule has 0 radical (unpaired) electrons. The van der Waals surface area contributed by atoms with E-state index >= 15 is 0 Å². The number of amides is 1. The van der Waals surface area contributed by atoms with Crippen molar-refractivity contribution in [1.82, 2.24) is 10.2 Å². The predicted octanol–water partition coefficient (Wildman–Crippen LogP) is 2.06. The predicted molar refractivity (Wildman–Crippen MR) is 71.4 cm³/mol. The van der Waals surface area contributed by atoms with E-state index in [2.05, 4.69) is 29.1 Å². The van der Waals surface area contributed by atoms with E-state index in [0.717, 1.165) is 32.6 Å². The Kier molecular flexibility index (Phi) is 4.57. The summed E-state index contributed by atoms with van der Waals surface area (Å²) in [7, 11) is 0. The number of carbonyl (C=O) groups excluding carboxylic acids is 1. The molecule has 17 heavy (non-hydrogen) atoms. The van der Waals surface area contributed by atoms with E-state index < -0.39 is 0 Å². The summed E-state index contributed by atoms with van der Waals surface area (Å²) in [4.78, 5) is 14.0. The van der Waals surface area contributed by atoms with Crippen molar-refractivity contribution in [1.29, 1.82) is 0 Å². The smallest absolute Gasteiger partial charge is 0.222 e. The highest BCUT2D eigenvalue weighted by Crippen LogP contribution is 2.23.